The van der Waals surface area contributed by atoms with Crippen molar-refractivity contribution < 1.29 is 18.0 Å². The van der Waals surface area contributed by atoms with E-state index in [1.165, 1.54) is 0 Å². The maximum absolute atomic E-state index is 5.58. The lowest BCUT2D eigenvalue weighted by Gasteiger charge is -2.24. The molecule has 0 unspecified atom stereocenters. The number of rotatable bonds is 9. The molecule has 5 heteroatoms. The Bertz CT molecular complexity index is 126. The smallest absolute Gasteiger partial charge is 0.379 e. The van der Waals surface area contributed by atoms with Crippen LogP contribution in [0.3, 0.4) is 0 Å². The van der Waals surface area contributed by atoms with Crippen LogP contribution < -0.4 is 0 Å². The van der Waals surface area contributed by atoms with E-state index in [4.69, 9.17) is 18.0 Å². The molecule has 0 aliphatic heterocycles. The Morgan fingerprint density at radius 1 is 0.786 bits per heavy atom. The molecule has 0 radical (unpaired) electrons. The first-order chi connectivity index (χ1) is 6.68. The van der Waals surface area contributed by atoms with Crippen molar-refractivity contribution in [1.82, 2.24) is 0 Å². The fourth-order valence-corrected chi connectivity index (χ4v) is 2.83. The van der Waals surface area contributed by atoms with E-state index in [2.05, 4.69) is 0 Å². The van der Waals surface area contributed by atoms with Crippen molar-refractivity contribution in [3.8, 4) is 0 Å². The van der Waals surface area contributed by atoms with E-state index in [1.807, 2.05) is 27.3 Å². The third kappa shape index (κ3) is 6.50. The van der Waals surface area contributed by atoms with Crippen LogP contribution in [0.2, 0.25) is 6.55 Å². The molecule has 0 heterocycles. The highest BCUT2D eigenvalue weighted by atomic mass is 28.4. The van der Waals surface area contributed by atoms with E-state index in [1.54, 1.807) is 0 Å². The van der Waals surface area contributed by atoms with Crippen LogP contribution in [0.15, 0.2) is 0 Å². The summed E-state index contributed by atoms with van der Waals surface area (Å²) in [4.78, 5) is 0. The van der Waals surface area contributed by atoms with E-state index in [-0.39, 0.29) is 0 Å². The van der Waals surface area contributed by atoms with Crippen LogP contribution in [0.5, 0.6) is 0 Å². The minimum absolute atomic E-state index is 0.538. The van der Waals surface area contributed by atoms with E-state index >= 15 is 0 Å². The molecule has 0 aromatic rings. The molecule has 4 nitrogen and oxygen atoms in total. The molecule has 0 aliphatic carbocycles. The normalized spacial score (nSPS) is 12.0. The summed E-state index contributed by atoms with van der Waals surface area (Å²) in [6, 6.07) is 0. The molecular formula is C9H22O4Si. The first kappa shape index (κ1) is 14.1. The Morgan fingerprint density at radius 2 is 1.36 bits per heavy atom. The topological polar surface area (TPSA) is 36.9 Å². The van der Waals surface area contributed by atoms with Gasteiger partial charge in [0, 0.05) is 26.4 Å². The van der Waals surface area contributed by atoms with E-state index in [0.717, 1.165) is 0 Å². The zero-order valence-electron chi connectivity index (χ0n) is 9.67. The fraction of sp³-hybridized carbons (Fsp3) is 1.00. The van der Waals surface area contributed by atoms with Gasteiger partial charge >= 0.3 is 8.80 Å². The summed E-state index contributed by atoms with van der Waals surface area (Å²) in [5.74, 6) is 0. The van der Waals surface area contributed by atoms with Crippen molar-refractivity contribution in [3.63, 3.8) is 0 Å². The van der Waals surface area contributed by atoms with Gasteiger partial charge in [-0.1, -0.05) is 0 Å². The minimum atomic E-state index is -2.38. The summed E-state index contributed by atoms with van der Waals surface area (Å²) in [6.45, 7) is 10.8. The van der Waals surface area contributed by atoms with Crippen molar-refractivity contribution >= 4 is 8.80 Å². The number of ether oxygens (including phenoxy) is 1. The molecule has 0 N–H and O–H groups in total. The van der Waals surface area contributed by atoms with Gasteiger partial charge in [-0.3, -0.25) is 0 Å². The summed E-state index contributed by atoms with van der Waals surface area (Å²) >= 11 is 0. The summed E-state index contributed by atoms with van der Waals surface area (Å²) in [7, 11) is -2.38. The highest BCUT2D eigenvalue weighted by Gasteiger charge is 2.33. The molecule has 14 heavy (non-hydrogen) atoms. The molecular weight excluding hydrogens is 200 g/mol. The van der Waals surface area contributed by atoms with Gasteiger partial charge in [0.15, 0.2) is 0 Å². The molecule has 0 aromatic heterocycles. The van der Waals surface area contributed by atoms with Crippen molar-refractivity contribution in [3.05, 3.63) is 0 Å². The Balaban J connectivity index is 3.71. The average molecular weight is 222 g/mol. The molecule has 0 amide bonds. The van der Waals surface area contributed by atoms with Gasteiger partial charge in [0.2, 0.25) is 0 Å². The van der Waals surface area contributed by atoms with Gasteiger partial charge in [-0.25, -0.2) is 0 Å². The van der Waals surface area contributed by atoms with Crippen LogP contribution in [0.4, 0.5) is 0 Å². The summed E-state index contributed by atoms with van der Waals surface area (Å²) in [5.41, 5.74) is 0. The lowest BCUT2D eigenvalue weighted by Crippen LogP contribution is -2.43. The highest BCUT2D eigenvalue weighted by molar-refractivity contribution is 6.59. The first-order valence-corrected chi connectivity index (χ1v) is 7.40. The maximum Gasteiger partial charge on any atom is 0.497 e. The molecule has 0 saturated heterocycles. The van der Waals surface area contributed by atoms with Crippen molar-refractivity contribution in [2.45, 2.75) is 27.3 Å². The average Bonchev–Trinajstić information content (AvgIpc) is 2.13. The lowest BCUT2D eigenvalue weighted by atomic mass is 10.8. The van der Waals surface area contributed by atoms with Crippen LogP contribution in [0, 0.1) is 0 Å². The van der Waals surface area contributed by atoms with Gasteiger partial charge in [0.25, 0.3) is 0 Å². The molecule has 0 saturated carbocycles. The molecule has 86 valence electrons. The second kappa shape index (κ2) is 8.37. The summed E-state index contributed by atoms with van der Waals surface area (Å²) in [6.07, 6.45) is 0. The first-order valence-electron chi connectivity index (χ1n) is 5.18. The van der Waals surface area contributed by atoms with Crippen LogP contribution in [-0.4, -0.2) is 41.8 Å². The predicted octanol–water partition coefficient (Wildman–Crippen LogP) is 1.68. The number of hydrogen-bond donors (Lipinski definition) is 0. The van der Waals surface area contributed by atoms with Gasteiger partial charge in [-0.05, 0) is 20.8 Å². The molecule has 0 aromatic carbocycles. The van der Waals surface area contributed by atoms with Gasteiger partial charge < -0.3 is 18.0 Å². The third-order valence-electron chi connectivity index (χ3n) is 1.61. The quantitative estimate of drug-likeness (QED) is 0.439. The molecule has 0 bridgehead atoms. The number of hydrogen-bond acceptors (Lipinski definition) is 4. The van der Waals surface area contributed by atoms with E-state index in [9.17, 15) is 0 Å². The van der Waals surface area contributed by atoms with Crippen LogP contribution in [0.1, 0.15) is 20.8 Å². The Hall–Kier alpha value is 0.0569. The summed E-state index contributed by atoms with van der Waals surface area (Å²) < 4.78 is 21.7. The SMILES string of the molecule is CCOCCO[Si](C)(OCC)OCC. The second-order valence-corrected chi connectivity index (χ2v) is 5.36. The molecule has 0 fully saturated rings. The maximum atomic E-state index is 5.58. The zero-order valence-corrected chi connectivity index (χ0v) is 10.7. The van der Waals surface area contributed by atoms with Crippen LogP contribution in [-0.2, 0) is 18.0 Å². The fourth-order valence-electron chi connectivity index (χ4n) is 1.08. The van der Waals surface area contributed by atoms with E-state index in [0.29, 0.717) is 33.0 Å². The van der Waals surface area contributed by atoms with Crippen molar-refractivity contribution in [2.24, 2.45) is 0 Å². The monoisotopic (exact) mass is 222 g/mol. The molecule has 0 atom stereocenters. The second-order valence-electron chi connectivity index (χ2n) is 2.77. The predicted molar refractivity (Wildman–Crippen MR) is 57.3 cm³/mol. The molecule has 0 aliphatic rings. The minimum Gasteiger partial charge on any atom is -0.379 e. The summed E-state index contributed by atoms with van der Waals surface area (Å²) in [5, 5.41) is 0. The molecule has 0 rings (SSSR count). The van der Waals surface area contributed by atoms with Crippen LogP contribution in [0.25, 0.3) is 0 Å². The zero-order chi connectivity index (χ0) is 10.9. The van der Waals surface area contributed by atoms with Crippen LogP contribution >= 0.6 is 0 Å². The van der Waals surface area contributed by atoms with E-state index < -0.39 is 8.80 Å². The molecule has 0 spiro atoms. The Labute approximate surface area is 87.9 Å². The Kier molecular flexibility index (Phi) is 8.41. The largest absolute Gasteiger partial charge is 0.497 e. The van der Waals surface area contributed by atoms with Crippen molar-refractivity contribution in [2.75, 3.05) is 33.0 Å². The van der Waals surface area contributed by atoms with Gasteiger partial charge in [0.1, 0.15) is 0 Å². The standard InChI is InChI=1S/C9H22O4Si/c1-5-10-8-9-13-14(4,11-6-2)12-7-3/h5-9H2,1-4H3. The third-order valence-corrected chi connectivity index (χ3v) is 3.96. The highest BCUT2D eigenvalue weighted by Crippen LogP contribution is 2.08. The van der Waals surface area contributed by atoms with Gasteiger partial charge in [0.05, 0.1) is 13.2 Å². The van der Waals surface area contributed by atoms with Gasteiger partial charge in [-0.2, -0.15) is 0 Å². The van der Waals surface area contributed by atoms with Gasteiger partial charge in [-0.15, -0.1) is 0 Å². The van der Waals surface area contributed by atoms with Crippen molar-refractivity contribution in [1.29, 1.82) is 0 Å². The lowest BCUT2D eigenvalue weighted by molar-refractivity contribution is 0.0413. The Morgan fingerprint density at radius 3 is 1.79 bits per heavy atom.